The van der Waals surface area contributed by atoms with Gasteiger partial charge in [-0.15, -0.1) is 34.0 Å². The molecule has 3 heterocycles. The van der Waals surface area contributed by atoms with Gasteiger partial charge in [0.15, 0.2) is 0 Å². The van der Waals surface area contributed by atoms with Crippen LogP contribution < -0.4 is 5.32 Å². The van der Waals surface area contributed by atoms with Gasteiger partial charge in [0.1, 0.15) is 0 Å². The second kappa shape index (κ2) is 6.45. The summed E-state index contributed by atoms with van der Waals surface area (Å²) >= 11 is 8.44. The fourth-order valence-corrected chi connectivity index (χ4v) is 5.59. The Morgan fingerprint density at radius 1 is 1.05 bits per heavy atom. The molecule has 3 nitrogen and oxygen atoms in total. The van der Waals surface area contributed by atoms with Crippen LogP contribution in [-0.4, -0.2) is 12.3 Å². The number of imide groups is 1. The summed E-state index contributed by atoms with van der Waals surface area (Å²) in [7, 11) is 0. The van der Waals surface area contributed by atoms with Gasteiger partial charge >= 0.3 is 0 Å². The van der Waals surface area contributed by atoms with Gasteiger partial charge in [-0.25, -0.2) is 0 Å². The van der Waals surface area contributed by atoms with Crippen molar-refractivity contribution in [3.63, 3.8) is 0 Å². The molecule has 2 amide bonds. The van der Waals surface area contributed by atoms with Gasteiger partial charge in [0.05, 0.1) is 9.35 Å². The molecule has 3 aromatic heterocycles. The third kappa shape index (κ3) is 3.08. The highest BCUT2D eigenvalue weighted by Crippen LogP contribution is 2.41. The van der Waals surface area contributed by atoms with E-state index in [4.69, 9.17) is 0 Å². The van der Waals surface area contributed by atoms with Crippen molar-refractivity contribution in [2.45, 2.75) is 6.92 Å². The molecule has 0 spiro atoms. The molecule has 0 radical (unpaired) electrons. The van der Waals surface area contributed by atoms with Crippen molar-refractivity contribution >= 4 is 62.3 Å². The largest absolute Gasteiger partial charge is 0.295 e. The molecule has 0 aromatic carbocycles. The van der Waals surface area contributed by atoms with Crippen LogP contribution in [0.15, 0.2) is 34.1 Å². The Hall–Kier alpha value is -1.28. The first-order valence-corrected chi connectivity index (χ1v) is 9.53. The van der Waals surface area contributed by atoms with Crippen LogP contribution in [0.25, 0.3) is 19.5 Å². The summed E-state index contributed by atoms with van der Waals surface area (Å²) in [6.45, 7) is 1.89. The van der Waals surface area contributed by atoms with E-state index in [0.29, 0.717) is 12.0 Å². The molecule has 0 bridgehead atoms. The zero-order chi connectivity index (χ0) is 15.7. The molecule has 0 fully saturated rings. The Morgan fingerprint density at radius 3 is 2.32 bits per heavy atom. The molecule has 3 rings (SSSR count). The maximum atomic E-state index is 11.8. The molecule has 0 saturated heterocycles. The summed E-state index contributed by atoms with van der Waals surface area (Å²) < 4.78 is 1.11. The van der Waals surface area contributed by atoms with E-state index in [1.165, 1.54) is 9.75 Å². The summed E-state index contributed by atoms with van der Waals surface area (Å²) in [5, 5.41) is 2.19. The van der Waals surface area contributed by atoms with Crippen molar-refractivity contribution in [2.75, 3.05) is 0 Å². The molecular formula is C15H10BrNO2S3. The predicted molar refractivity (Wildman–Crippen MR) is 96.9 cm³/mol. The van der Waals surface area contributed by atoms with Crippen molar-refractivity contribution in [3.05, 3.63) is 44.6 Å². The molecule has 0 aliphatic heterocycles. The first-order chi connectivity index (χ1) is 10.6. The molecule has 0 unspecified atom stereocenters. The van der Waals surface area contributed by atoms with Crippen LogP contribution in [0.1, 0.15) is 15.2 Å². The number of hydrogen-bond acceptors (Lipinski definition) is 5. The third-order valence-corrected chi connectivity index (χ3v) is 7.17. The lowest BCUT2D eigenvalue weighted by molar-refractivity contribution is -0.108. The minimum absolute atomic E-state index is 0.353. The van der Waals surface area contributed by atoms with Crippen molar-refractivity contribution < 1.29 is 9.59 Å². The first-order valence-electron chi connectivity index (χ1n) is 6.29. The van der Waals surface area contributed by atoms with E-state index in [1.807, 2.05) is 19.1 Å². The number of hydrogen-bond donors (Lipinski definition) is 1. The average Bonchev–Trinajstić information content (AvgIpc) is 3.17. The van der Waals surface area contributed by atoms with E-state index in [0.717, 1.165) is 18.4 Å². The molecule has 1 N–H and O–H groups in total. The topological polar surface area (TPSA) is 46.2 Å². The zero-order valence-electron chi connectivity index (χ0n) is 11.4. The Balaban J connectivity index is 1.92. The van der Waals surface area contributed by atoms with Crippen molar-refractivity contribution in [1.29, 1.82) is 0 Å². The van der Waals surface area contributed by atoms with Crippen LogP contribution in [-0.2, 0) is 4.79 Å². The molecular weight excluding hydrogens is 402 g/mol. The van der Waals surface area contributed by atoms with Crippen LogP contribution in [0, 0.1) is 6.92 Å². The number of carbonyl (C=O) groups is 2. The Morgan fingerprint density at radius 2 is 1.68 bits per heavy atom. The molecule has 7 heteroatoms. The van der Waals surface area contributed by atoms with E-state index in [2.05, 4.69) is 39.4 Å². The zero-order valence-corrected chi connectivity index (χ0v) is 15.4. The number of amides is 2. The van der Waals surface area contributed by atoms with Gasteiger partial charge in [-0.3, -0.25) is 14.9 Å². The van der Waals surface area contributed by atoms with E-state index in [-0.39, 0.29) is 5.91 Å². The van der Waals surface area contributed by atoms with Crippen LogP contribution in [0.2, 0.25) is 0 Å². The van der Waals surface area contributed by atoms with Crippen LogP contribution in [0.4, 0.5) is 0 Å². The maximum Gasteiger partial charge on any atom is 0.258 e. The minimum atomic E-state index is -0.353. The summed E-state index contributed by atoms with van der Waals surface area (Å²) in [4.78, 5) is 27.7. The van der Waals surface area contributed by atoms with Crippen molar-refractivity contribution in [3.8, 4) is 19.5 Å². The molecule has 112 valence electrons. The molecule has 0 aliphatic rings. The fourth-order valence-electron chi connectivity index (χ4n) is 2.01. The summed E-state index contributed by atoms with van der Waals surface area (Å²) in [6, 6.07) is 10.1. The predicted octanol–water partition coefficient (Wildman–Crippen LogP) is 5.16. The Bertz CT molecular complexity index is 847. The number of carbonyl (C=O) groups excluding carboxylic acids is 2. The molecule has 0 saturated carbocycles. The monoisotopic (exact) mass is 411 g/mol. The Labute approximate surface area is 147 Å². The number of nitrogens with one attached hydrogen (secondary N) is 1. The number of aryl methyl sites for hydroxylation is 1. The van der Waals surface area contributed by atoms with E-state index in [1.54, 1.807) is 34.0 Å². The lowest BCUT2D eigenvalue weighted by atomic mass is 10.2. The molecule has 0 aliphatic carbocycles. The lowest BCUT2D eigenvalue weighted by Crippen LogP contribution is -2.21. The highest BCUT2D eigenvalue weighted by molar-refractivity contribution is 9.11. The summed E-state index contributed by atoms with van der Waals surface area (Å²) in [5.74, 6) is -0.353. The van der Waals surface area contributed by atoms with Crippen LogP contribution >= 0.6 is 49.9 Å². The van der Waals surface area contributed by atoms with Gasteiger partial charge in [0.2, 0.25) is 6.41 Å². The highest BCUT2D eigenvalue weighted by Gasteiger charge is 2.15. The van der Waals surface area contributed by atoms with E-state index in [9.17, 15) is 9.59 Å². The highest BCUT2D eigenvalue weighted by atomic mass is 79.9. The Kier molecular flexibility index (Phi) is 4.58. The maximum absolute atomic E-state index is 11.8. The van der Waals surface area contributed by atoms with E-state index >= 15 is 0 Å². The summed E-state index contributed by atoms with van der Waals surface area (Å²) in [6.07, 6.45) is 0.414. The molecule has 22 heavy (non-hydrogen) atoms. The number of thiophene rings is 3. The lowest BCUT2D eigenvalue weighted by Gasteiger charge is -1.94. The molecule has 3 aromatic rings. The molecule has 0 atom stereocenters. The van der Waals surface area contributed by atoms with Gasteiger partial charge in [-0.05, 0) is 53.2 Å². The number of rotatable bonds is 4. The average molecular weight is 412 g/mol. The van der Waals surface area contributed by atoms with Gasteiger partial charge < -0.3 is 0 Å². The smallest absolute Gasteiger partial charge is 0.258 e. The third-order valence-electron chi connectivity index (χ3n) is 3.02. The standard InChI is InChI=1S/C15H10BrNO2S3/c1-8-9(15(19)17-7-18)6-13(20-8)12-3-2-10(21-12)11-4-5-14(16)22-11/h2-7H,1H3,(H,17,18,19). The second-order valence-electron chi connectivity index (χ2n) is 4.44. The van der Waals surface area contributed by atoms with E-state index < -0.39 is 0 Å². The normalized spacial score (nSPS) is 10.6. The van der Waals surface area contributed by atoms with Crippen LogP contribution in [0.3, 0.4) is 0 Å². The van der Waals surface area contributed by atoms with Gasteiger partial charge in [0.25, 0.3) is 5.91 Å². The van der Waals surface area contributed by atoms with Crippen LogP contribution in [0.5, 0.6) is 0 Å². The van der Waals surface area contributed by atoms with Crippen molar-refractivity contribution in [1.82, 2.24) is 5.32 Å². The SMILES string of the molecule is Cc1sc(-c2ccc(-c3ccc(Br)s3)s2)cc1C(=O)NC=O. The van der Waals surface area contributed by atoms with Gasteiger partial charge in [0, 0.05) is 24.4 Å². The number of halogens is 1. The quantitative estimate of drug-likeness (QED) is 0.602. The van der Waals surface area contributed by atoms with Crippen molar-refractivity contribution in [2.24, 2.45) is 0 Å². The minimum Gasteiger partial charge on any atom is -0.295 e. The first kappa shape index (κ1) is 15.6. The second-order valence-corrected chi connectivity index (χ2v) is 9.24. The fraction of sp³-hybridized carbons (Fsp3) is 0.0667. The van der Waals surface area contributed by atoms with Gasteiger partial charge in [-0.2, -0.15) is 0 Å². The summed E-state index contributed by atoms with van der Waals surface area (Å²) in [5.41, 5.74) is 0.556. The van der Waals surface area contributed by atoms with Gasteiger partial charge in [-0.1, -0.05) is 0 Å².